The predicted molar refractivity (Wildman–Crippen MR) is 108 cm³/mol. The molecule has 5 nitrogen and oxygen atoms in total. The van der Waals surface area contributed by atoms with Gasteiger partial charge in [-0.3, -0.25) is 4.79 Å². The van der Waals surface area contributed by atoms with Crippen LogP contribution in [0, 0.1) is 5.92 Å². The Morgan fingerprint density at radius 2 is 1.77 bits per heavy atom. The fraction of sp³-hybridized carbons (Fsp3) is 0.273. The first-order valence-corrected chi connectivity index (χ1v) is 9.71. The van der Waals surface area contributed by atoms with Gasteiger partial charge in [-0.05, 0) is 54.8 Å². The topological polar surface area (TPSA) is 50.2 Å². The van der Waals surface area contributed by atoms with E-state index in [4.69, 9.17) is 0 Å². The highest BCUT2D eigenvalue weighted by molar-refractivity contribution is 5.94. The Hall–Kier alpha value is -3.29. The lowest BCUT2D eigenvalue weighted by Crippen LogP contribution is -2.31. The van der Waals surface area contributed by atoms with Crippen molar-refractivity contribution in [2.24, 2.45) is 5.92 Å². The zero-order chi connectivity index (χ0) is 21.1. The Labute approximate surface area is 172 Å². The average Bonchev–Trinajstić information content (AvgIpc) is 3.43. The molecule has 1 N–H and O–H groups in total. The van der Waals surface area contributed by atoms with Crippen LogP contribution >= 0.6 is 0 Å². The van der Waals surface area contributed by atoms with Gasteiger partial charge in [-0.1, -0.05) is 18.2 Å². The molecular weight excluding hydrogens is 393 g/mol. The van der Waals surface area contributed by atoms with Crippen molar-refractivity contribution in [2.45, 2.75) is 12.6 Å². The molecule has 0 bridgehead atoms. The first-order valence-electron chi connectivity index (χ1n) is 9.71. The van der Waals surface area contributed by atoms with E-state index in [0.717, 1.165) is 30.3 Å². The van der Waals surface area contributed by atoms with E-state index in [0.29, 0.717) is 23.7 Å². The fourth-order valence-electron chi connectivity index (χ4n) is 3.60. The van der Waals surface area contributed by atoms with Gasteiger partial charge in [-0.25, -0.2) is 4.68 Å². The Morgan fingerprint density at radius 3 is 2.43 bits per heavy atom. The summed E-state index contributed by atoms with van der Waals surface area (Å²) in [5.74, 6) is 0.175. The van der Waals surface area contributed by atoms with Crippen LogP contribution in [0.5, 0.6) is 0 Å². The van der Waals surface area contributed by atoms with Crippen molar-refractivity contribution in [1.29, 1.82) is 0 Å². The van der Waals surface area contributed by atoms with Crippen molar-refractivity contribution in [3.63, 3.8) is 0 Å². The molecular formula is C22H21F3N4O. The smallest absolute Gasteiger partial charge is 0.371 e. The van der Waals surface area contributed by atoms with Crippen LogP contribution in [-0.2, 0) is 6.18 Å². The third-order valence-electron chi connectivity index (χ3n) is 5.23. The van der Waals surface area contributed by atoms with E-state index in [1.807, 2.05) is 18.2 Å². The summed E-state index contributed by atoms with van der Waals surface area (Å²) in [4.78, 5) is 14.8. The molecule has 1 aromatic heterocycles. The fourth-order valence-corrected chi connectivity index (χ4v) is 3.60. The minimum Gasteiger partial charge on any atom is -0.371 e. The summed E-state index contributed by atoms with van der Waals surface area (Å²) in [7, 11) is 0. The van der Waals surface area contributed by atoms with Gasteiger partial charge in [0.25, 0.3) is 5.91 Å². The molecule has 2 aromatic carbocycles. The van der Waals surface area contributed by atoms with Crippen LogP contribution in [0.4, 0.5) is 18.9 Å². The molecule has 4 rings (SSSR count). The minimum atomic E-state index is -4.48. The zero-order valence-electron chi connectivity index (χ0n) is 16.1. The molecule has 0 aliphatic carbocycles. The Kier molecular flexibility index (Phi) is 5.48. The molecule has 1 unspecified atom stereocenters. The van der Waals surface area contributed by atoms with Crippen LogP contribution in [-0.4, -0.2) is 35.3 Å². The molecule has 1 aliphatic heterocycles. The summed E-state index contributed by atoms with van der Waals surface area (Å²) < 4.78 is 39.2. The highest BCUT2D eigenvalue weighted by Crippen LogP contribution is 2.28. The Bertz CT molecular complexity index is 999. The molecule has 0 saturated carbocycles. The van der Waals surface area contributed by atoms with Gasteiger partial charge in [0.2, 0.25) is 0 Å². The van der Waals surface area contributed by atoms with Gasteiger partial charge in [0.15, 0.2) is 5.69 Å². The number of para-hydroxylation sites is 1. The number of carbonyl (C=O) groups is 1. The number of rotatable bonds is 5. The van der Waals surface area contributed by atoms with E-state index in [1.54, 1.807) is 24.3 Å². The number of nitrogens with zero attached hydrogens (tertiary/aromatic N) is 3. The van der Waals surface area contributed by atoms with E-state index in [1.165, 1.54) is 11.9 Å². The number of amides is 1. The SMILES string of the molecule is O=C(NCC1CCN(c2ccccc2)C1)c1ccc(-n2ccc(C(F)(F)F)n2)cc1. The highest BCUT2D eigenvalue weighted by Gasteiger charge is 2.33. The Balaban J connectivity index is 1.32. The number of carbonyl (C=O) groups excluding carboxylic acids is 1. The lowest BCUT2D eigenvalue weighted by Gasteiger charge is -2.18. The molecule has 8 heteroatoms. The number of alkyl halides is 3. The zero-order valence-corrected chi connectivity index (χ0v) is 16.1. The second-order valence-electron chi connectivity index (χ2n) is 7.34. The van der Waals surface area contributed by atoms with Crippen LogP contribution in [0.3, 0.4) is 0 Å². The molecule has 3 aromatic rings. The summed E-state index contributed by atoms with van der Waals surface area (Å²) in [5.41, 5.74) is 1.15. The molecule has 30 heavy (non-hydrogen) atoms. The number of anilines is 1. The van der Waals surface area contributed by atoms with E-state index in [2.05, 4.69) is 27.4 Å². The number of halogens is 3. The van der Waals surface area contributed by atoms with E-state index < -0.39 is 11.9 Å². The second kappa shape index (κ2) is 8.22. The summed E-state index contributed by atoms with van der Waals surface area (Å²) in [6.07, 6.45) is -2.23. The normalized spacial score (nSPS) is 16.6. The molecule has 156 valence electrons. The summed E-state index contributed by atoms with van der Waals surface area (Å²) in [6, 6.07) is 17.4. The van der Waals surface area contributed by atoms with Crippen LogP contribution in [0.1, 0.15) is 22.5 Å². The molecule has 1 atom stereocenters. The van der Waals surface area contributed by atoms with E-state index >= 15 is 0 Å². The minimum absolute atomic E-state index is 0.198. The van der Waals surface area contributed by atoms with Gasteiger partial charge in [-0.15, -0.1) is 0 Å². The third-order valence-corrected chi connectivity index (χ3v) is 5.23. The Morgan fingerprint density at radius 1 is 1.03 bits per heavy atom. The van der Waals surface area contributed by atoms with Crippen molar-refractivity contribution in [3.05, 3.63) is 78.1 Å². The van der Waals surface area contributed by atoms with E-state index in [9.17, 15) is 18.0 Å². The summed E-state index contributed by atoms with van der Waals surface area (Å²) >= 11 is 0. The second-order valence-corrected chi connectivity index (χ2v) is 7.34. The van der Waals surface area contributed by atoms with Crippen molar-refractivity contribution >= 4 is 11.6 Å². The van der Waals surface area contributed by atoms with Gasteiger partial charge in [0, 0.05) is 37.1 Å². The van der Waals surface area contributed by atoms with Crippen molar-refractivity contribution < 1.29 is 18.0 Å². The molecule has 1 saturated heterocycles. The van der Waals surface area contributed by atoms with Crippen molar-refractivity contribution in [1.82, 2.24) is 15.1 Å². The van der Waals surface area contributed by atoms with Crippen LogP contribution < -0.4 is 10.2 Å². The van der Waals surface area contributed by atoms with Gasteiger partial charge >= 0.3 is 6.18 Å². The monoisotopic (exact) mass is 414 g/mol. The van der Waals surface area contributed by atoms with E-state index in [-0.39, 0.29) is 5.91 Å². The van der Waals surface area contributed by atoms with Gasteiger partial charge in [-0.2, -0.15) is 18.3 Å². The van der Waals surface area contributed by atoms with Crippen LogP contribution in [0.25, 0.3) is 5.69 Å². The largest absolute Gasteiger partial charge is 0.435 e. The van der Waals surface area contributed by atoms with Gasteiger partial charge in [0.05, 0.1) is 5.69 Å². The molecule has 0 spiro atoms. The van der Waals surface area contributed by atoms with Crippen molar-refractivity contribution in [2.75, 3.05) is 24.5 Å². The van der Waals surface area contributed by atoms with Crippen LogP contribution in [0.15, 0.2) is 66.9 Å². The first kappa shape index (κ1) is 20.0. The maximum atomic E-state index is 12.7. The maximum absolute atomic E-state index is 12.7. The highest BCUT2D eigenvalue weighted by atomic mass is 19.4. The number of hydrogen-bond donors (Lipinski definition) is 1. The molecule has 2 heterocycles. The quantitative estimate of drug-likeness (QED) is 0.683. The lowest BCUT2D eigenvalue weighted by molar-refractivity contribution is -0.141. The maximum Gasteiger partial charge on any atom is 0.435 e. The third kappa shape index (κ3) is 4.48. The lowest BCUT2D eigenvalue weighted by atomic mass is 10.1. The van der Waals surface area contributed by atoms with Crippen LogP contribution in [0.2, 0.25) is 0 Å². The molecule has 1 amide bonds. The standard InChI is InChI=1S/C22H21F3N4O/c23-22(24,25)20-11-13-29(27-20)19-8-6-17(7-9-19)21(30)26-14-16-10-12-28(15-16)18-4-2-1-3-5-18/h1-9,11,13,16H,10,12,14-15H2,(H,26,30). The number of hydrogen-bond acceptors (Lipinski definition) is 3. The number of benzene rings is 2. The molecule has 0 radical (unpaired) electrons. The average molecular weight is 414 g/mol. The molecule has 1 fully saturated rings. The van der Waals surface area contributed by atoms with Gasteiger partial charge < -0.3 is 10.2 Å². The van der Waals surface area contributed by atoms with Crippen molar-refractivity contribution in [3.8, 4) is 5.69 Å². The first-order chi connectivity index (χ1) is 14.4. The number of aromatic nitrogens is 2. The summed E-state index contributed by atoms with van der Waals surface area (Å²) in [6.45, 7) is 2.44. The predicted octanol–water partition coefficient (Wildman–Crippen LogP) is 4.15. The van der Waals surface area contributed by atoms with Gasteiger partial charge in [0.1, 0.15) is 0 Å². The number of nitrogens with one attached hydrogen (secondary N) is 1. The molecule has 1 aliphatic rings. The summed E-state index contributed by atoms with van der Waals surface area (Å²) in [5, 5.41) is 6.49.